The fourth-order valence-electron chi connectivity index (χ4n) is 8.21. The van der Waals surface area contributed by atoms with Crippen LogP contribution in [0.3, 0.4) is 0 Å². The molecule has 0 amide bonds. The number of esters is 1. The van der Waals surface area contributed by atoms with Crippen molar-refractivity contribution in [3.8, 4) is 11.5 Å². The lowest BCUT2D eigenvalue weighted by molar-refractivity contribution is 0.0300. The van der Waals surface area contributed by atoms with Crippen molar-refractivity contribution in [3.05, 3.63) is 188 Å². The topological polar surface area (TPSA) is 51.2 Å². The number of carbonyl (C=O) groups excluding carboxylic acids is 1. The molecular formula is C50H44Cl4N2O4. The van der Waals surface area contributed by atoms with Crippen LogP contribution in [0.1, 0.15) is 63.9 Å². The molecule has 0 bridgehead atoms. The Kier molecular flexibility index (Phi) is 12.7. The number of ether oxygens (including phenoxy) is 3. The molecule has 0 aliphatic carbocycles. The molecule has 306 valence electrons. The van der Waals surface area contributed by atoms with Crippen LogP contribution in [0.15, 0.2) is 135 Å². The Morgan fingerprint density at radius 1 is 0.567 bits per heavy atom. The summed E-state index contributed by atoms with van der Waals surface area (Å²) in [6.45, 7) is 12.4. The van der Waals surface area contributed by atoms with Crippen molar-refractivity contribution in [3.63, 3.8) is 0 Å². The number of hydrogen-bond acceptors (Lipinski definition) is 6. The van der Waals surface area contributed by atoms with Gasteiger partial charge in [-0.2, -0.15) is 0 Å². The van der Waals surface area contributed by atoms with Crippen LogP contribution >= 0.6 is 46.4 Å². The summed E-state index contributed by atoms with van der Waals surface area (Å²) in [5, 5.41) is 0.0268. The van der Waals surface area contributed by atoms with Gasteiger partial charge in [0.25, 0.3) is 0 Å². The zero-order valence-electron chi connectivity index (χ0n) is 33.1. The number of halogens is 4. The fourth-order valence-corrected chi connectivity index (χ4v) is 9.29. The predicted molar refractivity (Wildman–Crippen MR) is 248 cm³/mol. The molecule has 2 fully saturated rings. The summed E-state index contributed by atoms with van der Waals surface area (Å²) in [5.74, 6) is 0.689. The minimum atomic E-state index is -1.65. The van der Waals surface area contributed by atoms with Crippen LogP contribution in [0.4, 0.5) is 11.4 Å². The zero-order chi connectivity index (χ0) is 41.8. The lowest BCUT2D eigenvalue weighted by atomic mass is 9.83. The van der Waals surface area contributed by atoms with Gasteiger partial charge >= 0.3 is 5.97 Å². The van der Waals surface area contributed by atoms with Crippen molar-refractivity contribution in [1.29, 1.82) is 0 Å². The quantitative estimate of drug-likeness (QED) is 0.0479. The van der Waals surface area contributed by atoms with E-state index in [0.29, 0.717) is 30.3 Å². The third-order valence-corrected chi connectivity index (χ3v) is 13.0. The van der Waals surface area contributed by atoms with Crippen LogP contribution < -0.4 is 19.3 Å². The van der Waals surface area contributed by atoms with Gasteiger partial charge in [-0.15, -0.1) is 0 Å². The van der Waals surface area contributed by atoms with Crippen molar-refractivity contribution in [2.24, 2.45) is 0 Å². The molecule has 3 aliphatic heterocycles. The van der Waals surface area contributed by atoms with Crippen molar-refractivity contribution < 1.29 is 19.0 Å². The Hall–Kier alpha value is -5.11. The molecule has 8 rings (SSSR count). The summed E-state index contributed by atoms with van der Waals surface area (Å²) in [6.07, 6.45) is 11.9. The molecule has 6 nitrogen and oxygen atoms in total. The second-order valence-corrected chi connectivity index (χ2v) is 16.5. The summed E-state index contributed by atoms with van der Waals surface area (Å²) in [6, 6.07) is 32.5. The van der Waals surface area contributed by atoms with Gasteiger partial charge in [-0.1, -0.05) is 120 Å². The molecule has 5 aromatic rings. The van der Waals surface area contributed by atoms with Gasteiger partial charge in [0.1, 0.15) is 24.7 Å². The number of benzene rings is 5. The van der Waals surface area contributed by atoms with E-state index in [1.807, 2.05) is 60.7 Å². The first-order chi connectivity index (χ1) is 29.2. The van der Waals surface area contributed by atoms with Crippen LogP contribution in [0.25, 0.3) is 11.1 Å². The van der Waals surface area contributed by atoms with E-state index < -0.39 is 11.6 Å². The van der Waals surface area contributed by atoms with Gasteiger partial charge in [0.2, 0.25) is 0 Å². The summed E-state index contributed by atoms with van der Waals surface area (Å²) < 4.78 is 18.4. The molecule has 0 aromatic heterocycles. The second kappa shape index (κ2) is 18.2. The fraction of sp³-hybridized carbons (Fsp3) is 0.220. The van der Waals surface area contributed by atoms with Gasteiger partial charge in [0, 0.05) is 43.1 Å². The van der Waals surface area contributed by atoms with Gasteiger partial charge < -0.3 is 24.0 Å². The molecule has 10 heteroatoms. The van der Waals surface area contributed by atoms with Crippen molar-refractivity contribution in [2.75, 3.05) is 49.2 Å². The minimum Gasteiger partial charge on any atom is -0.490 e. The molecule has 5 aromatic carbocycles. The van der Waals surface area contributed by atoms with Crippen molar-refractivity contribution in [2.45, 2.75) is 31.3 Å². The molecule has 0 saturated carbocycles. The molecule has 0 spiro atoms. The van der Waals surface area contributed by atoms with Crippen molar-refractivity contribution in [1.82, 2.24) is 0 Å². The first-order valence-electron chi connectivity index (χ1n) is 20.1. The monoisotopic (exact) mass is 876 g/mol. The maximum Gasteiger partial charge on any atom is 0.341 e. The Bertz CT molecular complexity index is 2320. The first-order valence-corrected chi connectivity index (χ1v) is 21.7. The average molecular weight is 879 g/mol. The summed E-state index contributed by atoms with van der Waals surface area (Å²) >= 11 is 27.6. The van der Waals surface area contributed by atoms with Crippen LogP contribution in [-0.4, -0.2) is 45.4 Å². The predicted octanol–water partition coefficient (Wildman–Crippen LogP) is 13.3. The lowest BCUT2D eigenvalue weighted by Gasteiger charge is -2.28. The molecule has 0 unspecified atom stereocenters. The number of hydrogen-bond donors (Lipinski definition) is 0. The number of nitrogens with zero attached hydrogens (tertiary/aromatic N) is 2. The molecule has 0 N–H and O–H groups in total. The molecular weight excluding hydrogens is 834 g/mol. The molecule has 2 saturated heterocycles. The SMILES string of the molecule is C=CCOc1ccc(C(=CC2(C=C(c3ccc(OCC=C)cc3)c3ccc(N4CCCC4)cc3)OC(=O)c3c(Cl)c(Cl)c(Cl)c(Cl)c32)c2ccc(N3CCCC3)cc2)cc1. The third-order valence-electron chi connectivity index (χ3n) is 11.2. The van der Waals surface area contributed by atoms with Gasteiger partial charge in [-0.3, -0.25) is 0 Å². The van der Waals surface area contributed by atoms with E-state index in [1.165, 1.54) is 0 Å². The molecule has 60 heavy (non-hydrogen) atoms. The van der Waals surface area contributed by atoms with Gasteiger partial charge in [0.15, 0.2) is 5.60 Å². The third kappa shape index (κ3) is 8.44. The van der Waals surface area contributed by atoms with E-state index >= 15 is 0 Å². The number of rotatable bonds is 14. The van der Waals surface area contributed by atoms with Gasteiger partial charge in [0.05, 0.1) is 25.7 Å². The average Bonchev–Trinajstić information content (AvgIpc) is 4.08. The van der Waals surface area contributed by atoms with E-state index in [1.54, 1.807) is 12.2 Å². The van der Waals surface area contributed by atoms with Gasteiger partial charge in [-0.25, -0.2) is 4.79 Å². The van der Waals surface area contributed by atoms with E-state index in [2.05, 4.69) is 71.5 Å². The van der Waals surface area contributed by atoms with E-state index in [0.717, 1.165) is 96.6 Å². The Morgan fingerprint density at radius 2 is 0.933 bits per heavy atom. The second-order valence-electron chi connectivity index (χ2n) is 15.0. The highest BCUT2D eigenvalue weighted by Crippen LogP contribution is 2.53. The highest BCUT2D eigenvalue weighted by atomic mass is 35.5. The van der Waals surface area contributed by atoms with Crippen LogP contribution in [0, 0.1) is 0 Å². The largest absolute Gasteiger partial charge is 0.490 e. The van der Waals surface area contributed by atoms with E-state index in [9.17, 15) is 4.79 Å². The highest BCUT2D eigenvalue weighted by molar-refractivity contribution is 6.53. The summed E-state index contributed by atoms with van der Waals surface area (Å²) in [5.41, 5.74) is 5.98. The lowest BCUT2D eigenvalue weighted by Crippen LogP contribution is -2.23. The number of carbonyl (C=O) groups is 1. The molecule has 0 radical (unpaired) electrons. The maximum absolute atomic E-state index is 14.3. The molecule has 3 aliphatic rings. The zero-order valence-corrected chi connectivity index (χ0v) is 36.1. The van der Waals surface area contributed by atoms with E-state index in [-0.39, 0.29) is 25.7 Å². The minimum absolute atomic E-state index is 0.0204. The Labute approximate surface area is 371 Å². The Balaban J connectivity index is 1.39. The Morgan fingerprint density at radius 3 is 1.32 bits per heavy atom. The maximum atomic E-state index is 14.3. The summed E-state index contributed by atoms with van der Waals surface area (Å²) in [4.78, 5) is 19.1. The van der Waals surface area contributed by atoms with Crippen molar-refractivity contribution >= 4 is 74.9 Å². The normalized spacial score (nSPS) is 17.8. The molecule has 3 heterocycles. The standard InChI is InChI=1S/C50H44Cl4N2O4/c1-3-29-58-39-21-13-35(14-22-39)41(33-9-17-37(18-10-33)55-25-5-6-26-55)31-50(44-43(49(57)60-50)45(51)47(53)48(54)46(44)52)32-42(36-15-23-40(24-16-36)59-30-4-2)34-11-19-38(20-12-34)56-27-7-8-28-56/h3-4,9-24,31-32H,1-2,5-8,25-30H2. The first kappa shape index (κ1) is 41.6. The van der Waals surface area contributed by atoms with Crippen LogP contribution in [-0.2, 0) is 10.3 Å². The number of cyclic esters (lactones) is 1. The molecule has 0 atom stereocenters. The summed E-state index contributed by atoms with van der Waals surface area (Å²) in [7, 11) is 0. The van der Waals surface area contributed by atoms with Crippen LogP contribution in [0.2, 0.25) is 20.1 Å². The van der Waals surface area contributed by atoms with E-state index in [4.69, 9.17) is 60.6 Å². The number of fused-ring (bicyclic) bond motifs is 1. The van der Waals surface area contributed by atoms with Gasteiger partial charge in [-0.05, 0) is 120 Å². The highest BCUT2D eigenvalue weighted by Gasteiger charge is 2.48. The smallest absolute Gasteiger partial charge is 0.341 e. The van der Waals surface area contributed by atoms with Crippen LogP contribution in [0.5, 0.6) is 11.5 Å². The number of anilines is 2.